The fourth-order valence-corrected chi connectivity index (χ4v) is 2.55. The second kappa shape index (κ2) is 8.87. The van der Waals surface area contributed by atoms with E-state index in [2.05, 4.69) is 5.32 Å². The zero-order valence-corrected chi connectivity index (χ0v) is 14.2. The molecule has 1 unspecified atom stereocenters. The van der Waals surface area contributed by atoms with Gasteiger partial charge in [-0.1, -0.05) is 55.5 Å². The number of nitrogens with zero attached hydrogens (tertiary/aromatic N) is 1. The lowest BCUT2D eigenvalue weighted by Gasteiger charge is -2.26. The molecule has 0 heterocycles. The molecule has 0 saturated carbocycles. The van der Waals surface area contributed by atoms with Crippen molar-refractivity contribution in [2.45, 2.75) is 32.9 Å². The highest BCUT2D eigenvalue weighted by molar-refractivity contribution is 5.97. The van der Waals surface area contributed by atoms with E-state index in [1.807, 2.05) is 43.3 Å². The molecule has 126 valence electrons. The highest BCUT2D eigenvalue weighted by Gasteiger charge is 2.22. The third-order valence-corrected chi connectivity index (χ3v) is 3.78. The Hall–Kier alpha value is -2.62. The van der Waals surface area contributed by atoms with E-state index >= 15 is 0 Å². The van der Waals surface area contributed by atoms with Gasteiger partial charge in [0.05, 0.1) is 0 Å². The predicted molar refractivity (Wildman–Crippen MR) is 95.5 cm³/mol. The first-order valence-corrected chi connectivity index (χ1v) is 8.30. The summed E-state index contributed by atoms with van der Waals surface area (Å²) in [5.74, 6) is -0.294. The topological polar surface area (TPSA) is 49.4 Å². The van der Waals surface area contributed by atoms with E-state index in [0.29, 0.717) is 18.7 Å². The molecule has 0 bridgehead atoms. The van der Waals surface area contributed by atoms with Crippen LogP contribution in [0.3, 0.4) is 0 Å². The Bertz CT molecular complexity index is 656. The summed E-state index contributed by atoms with van der Waals surface area (Å²) >= 11 is 0. The highest BCUT2D eigenvalue weighted by Crippen LogP contribution is 2.08. The molecular weight excluding hydrogens is 300 g/mol. The molecule has 0 radical (unpaired) electrons. The van der Waals surface area contributed by atoms with Crippen molar-refractivity contribution in [3.8, 4) is 0 Å². The molecule has 2 rings (SSSR count). The van der Waals surface area contributed by atoms with Crippen molar-refractivity contribution in [3.05, 3.63) is 71.8 Å². The van der Waals surface area contributed by atoms with E-state index in [0.717, 1.165) is 12.0 Å². The summed E-state index contributed by atoms with van der Waals surface area (Å²) in [6.07, 6.45) is 0.873. The van der Waals surface area contributed by atoms with Crippen LogP contribution in [-0.4, -0.2) is 29.3 Å². The average Bonchev–Trinajstić information content (AvgIpc) is 2.62. The molecule has 0 fully saturated rings. The van der Waals surface area contributed by atoms with Crippen molar-refractivity contribution in [2.24, 2.45) is 0 Å². The molecule has 0 saturated heterocycles. The molecule has 0 aromatic heterocycles. The van der Waals surface area contributed by atoms with Gasteiger partial charge in [0.15, 0.2) is 0 Å². The standard InChI is InChI=1S/C20H24N2O2/c1-3-14-22(15-17-10-6-4-7-11-17)20(24)16(2)21-19(23)18-12-8-5-9-13-18/h4-13,16H,3,14-15H2,1-2H3,(H,21,23). The van der Waals surface area contributed by atoms with E-state index in [4.69, 9.17) is 0 Å². The molecule has 0 aliphatic rings. The van der Waals surface area contributed by atoms with Crippen molar-refractivity contribution in [1.29, 1.82) is 0 Å². The van der Waals surface area contributed by atoms with Crippen LogP contribution < -0.4 is 5.32 Å². The molecule has 4 nitrogen and oxygen atoms in total. The van der Waals surface area contributed by atoms with Gasteiger partial charge in [-0.15, -0.1) is 0 Å². The normalized spacial score (nSPS) is 11.6. The summed E-state index contributed by atoms with van der Waals surface area (Å²) in [6, 6.07) is 18.3. The van der Waals surface area contributed by atoms with Gasteiger partial charge in [-0.2, -0.15) is 0 Å². The predicted octanol–water partition coefficient (Wildman–Crippen LogP) is 3.24. The van der Waals surface area contributed by atoms with Gasteiger partial charge in [0, 0.05) is 18.7 Å². The van der Waals surface area contributed by atoms with E-state index < -0.39 is 6.04 Å². The largest absolute Gasteiger partial charge is 0.341 e. The Morgan fingerprint density at radius 3 is 2.17 bits per heavy atom. The van der Waals surface area contributed by atoms with Gasteiger partial charge in [-0.25, -0.2) is 0 Å². The fraction of sp³-hybridized carbons (Fsp3) is 0.300. The number of rotatable bonds is 7. The highest BCUT2D eigenvalue weighted by atomic mass is 16.2. The number of nitrogens with one attached hydrogen (secondary N) is 1. The third-order valence-electron chi connectivity index (χ3n) is 3.78. The van der Waals surface area contributed by atoms with Crippen molar-refractivity contribution in [1.82, 2.24) is 10.2 Å². The molecule has 2 aromatic carbocycles. The van der Waals surface area contributed by atoms with Gasteiger partial charge in [-0.3, -0.25) is 9.59 Å². The van der Waals surface area contributed by atoms with Crippen LogP contribution in [0.25, 0.3) is 0 Å². The first-order chi connectivity index (χ1) is 11.6. The number of hydrogen-bond acceptors (Lipinski definition) is 2. The molecular formula is C20H24N2O2. The molecule has 0 spiro atoms. The van der Waals surface area contributed by atoms with E-state index in [-0.39, 0.29) is 11.8 Å². The molecule has 2 aromatic rings. The summed E-state index contributed by atoms with van der Waals surface area (Å²) in [5, 5.41) is 2.79. The number of carbonyl (C=O) groups excluding carboxylic acids is 2. The number of benzene rings is 2. The summed E-state index contributed by atoms with van der Waals surface area (Å²) in [5.41, 5.74) is 1.64. The van der Waals surface area contributed by atoms with Crippen LogP contribution in [0.4, 0.5) is 0 Å². The zero-order valence-electron chi connectivity index (χ0n) is 14.2. The van der Waals surface area contributed by atoms with Crippen LogP contribution in [0.15, 0.2) is 60.7 Å². The maximum absolute atomic E-state index is 12.7. The van der Waals surface area contributed by atoms with Crippen LogP contribution in [0.2, 0.25) is 0 Å². The minimum atomic E-state index is -0.562. The first kappa shape index (κ1) is 17.7. The maximum Gasteiger partial charge on any atom is 0.251 e. The fourth-order valence-electron chi connectivity index (χ4n) is 2.55. The smallest absolute Gasteiger partial charge is 0.251 e. The monoisotopic (exact) mass is 324 g/mol. The summed E-state index contributed by atoms with van der Waals surface area (Å²) < 4.78 is 0. The average molecular weight is 324 g/mol. The molecule has 4 heteroatoms. The zero-order chi connectivity index (χ0) is 17.4. The molecule has 2 amide bonds. The minimum absolute atomic E-state index is 0.0648. The summed E-state index contributed by atoms with van der Waals surface area (Å²) in [7, 11) is 0. The van der Waals surface area contributed by atoms with Gasteiger partial charge in [0.1, 0.15) is 6.04 Å². The minimum Gasteiger partial charge on any atom is -0.341 e. The second-order valence-corrected chi connectivity index (χ2v) is 5.81. The van der Waals surface area contributed by atoms with Crippen LogP contribution in [0.5, 0.6) is 0 Å². The number of amides is 2. The van der Waals surface area contributed by atoms with Crippen molar-refractivity contribution in [3.63, 3.8) is 0 Å². The van der Waals surface area contributed by atoms with E-state index in [9.17, 15) is 9.59 Å². The third kappa shape index (κ3) is 4.95. The Labute approximate surface area is 143 Å². The number of hydrogen-bond donors (Lipinski definition) is 1. The molecule has 1 atom stereocenters. The molecule has 0 aliphatic carbocycles. The van der Waals surface area contributed by atoms with E-state index in [1.54, 1.807) is 36.1 Å². The van der Waals surface area contributed by atoms with E-state index in [1.165, 1.54) is 0 Å². The van der Waals surface area contributed by atoms with Crippen LogP contribution in [0.1, 0.15) is 36.2 Å². The van der Waals surface area contributed by atoms with Gasteiger partial charge in [0.2, 0.25) is 5.91 Å². The van der Waals surface area contributed by atoms with Gasteiger partial charge >= 0.3 is 0 Å². The lowest BCUT2D eigenvalue weighted by Crippen LogP contribution is -2.46. The van der Waals surface area contributed by atoms with Crippen LogP contribution in [-0.2, 0) is 11.3 Å². The SMILES string of the molecule is CCCN(Cc1ccccc1)C(=O)C(C)NC(=O)c1ccccc1. The lowest BCUT2D eigenvalue weighted by molar-refractivity contribution is -0.133. The quantitative estimate of drug-likeness (QED) is 0.850. The molecule has 0 aliphatic heterocycles. The Morgan fingerprint density at radius 1 is 1.00 bits per heavy atom. The number of carbonyl (C=O) groups is 2. The Kier molecular flexibility index (Phi) is 6.55. The summed E-state index contributed by atoms with van der Waals surface area (Å²) in [4.78, 5) is 26.7. The van der Waals surface area contributed by atoms with Gasteiger partial charge < -0.3 is 10.2 Å². The van der Waals surface area contributed by atoms with Crippen LogP contribution >= 0.6 is 0 Å². The Morgan fingerprint density at radius 2 is 1.58 bits per heavy atom. The van der Waals surface area contributed by atoms with Gasteiger partial charge in [0.25, 0.3) is 5.91 Å². The summed E-state index contributed by atoms with van der Waals surface area (Å²) in [6.45, 7) is 4.99. The van der Waals surface area contributed by atoms with Crippen molar-refractivity contribution >= 4 is 11.8 Å². The maximum atomic E-state index is 12.7. The second-order valence-electron chi connectivity index (χ2n) is 5.81. The lowest BCUT2D eigenvalue weighted by atomic mass is 10.1. The molecule has 24 heavy (non-hydrogen) atoms. The van der Waals surface area contributed by atoms with Crippen molar-refractivity contribution in [2.75, 3.05) is 6.54 Å². The van der Waals surface area contributed by atoms with Crippen LogP contribution in [0, 0.1) is 0 Å². The van der Waals surface area contributed by atoms with Crippen molar-refractivity contribution < 1.29 is 9.59 Å². The first-order valence-electron chi connectivity index (χ1n) is 8.30. The molecule has 1 N–H and O–H groups in total. The van der Waals surface area contributed by atoms with Gasteiger partial charge in [-0.05, 0) is 31.0 Å². The Balaban J connectivity index is 2.01.